The van der Waals surface area contributed by atoms with Crippen molar-refractivity contribution in [2.75, 3.05) is 57.3 Å². The predicted molar refractivity (Wildman–Crippen MR) is 194 cm³/mol. The number of pyridine rings is 1. The van der Waals surface area contributed by atoms with Crippen LogP contribution in [0.4, 0.5) is 5.69 Å². The topological polar surface area (TPSA) is 112 Å². The van der Waals surface area contributed by atoms with Crippen molar-refractivity contribution in [3.63, 3.8) is 0 Å². The summed E-state index contributed by atoms with van der Waals surface area (Å²) in [5.41, 5.74) is 4.70. The van der Waals surface area contributed by atoms with Crippen LogP contribution in [0.5, 0.6) is 0 Å². The summed E-state index contributed by atoms with van der Waals surface area (Å²) in [6.45, 7) is 8.08. The highest BCUT2D eigenvalue weighted by Crippen LogP contribution is 2.34. The lowest BCUT2D eigenvalue weighted by Gasteiger charge is -2.34. The molecule has 0 radical (unpaired) electrons. The first-order chi connectivity index (χ1) is 24.4. The third-order valence-electron chi connectivity index (χ3n) is 9.52. The molecular formula is C39H44N6O5. The minimum atomic E-state index is -0.329. The lowest BCUT2D eigenvalue weighted by molar-refractivity contribution is -0.448. The van der Waals surface area contributed by atoms with Gasteiger partial charge in [-0.15, -0.1) is 0 Å². The van der Waals surface area contributed by atoms with Crippen LogP contribution in [-0.2, 0) is 16.1 Å². The predicted octanol–water partition coefficient (Wildman–Crippen LogP) is 6.04. The number of nitro groups is 1. The highest BCUT2D eigenvalue weighted by atomic mass is 16.6. The molecule has 2 saturated heterocycles. The molecule has 0 spiro atoms. The standard InChI is InChI=1S/C39H44N6O5/c1-3-44(31-17-9-6-10-18-31)38(46)36-32-19-11-12-20-34(32)40-37(29-14-7-5-8-15-29)33(36)27-41-22-24-43(25-23-41)35(45(48)49)28-42-21-13-16-30(26-42)39(47)50-4-2/h5-12,14-15,17-20,28,30H,3-4,13,16,21-27H2,1-2H3. The second-order valence-electron chi connectivity index (χ2n) is 12.7. The van der Waals surface area contributed by atoms with E-state index in [2.05, 4.69) is 4.90 Å². The maximum atomic E-state index is 14.7. The molecule has 1 atom stereocenters. The van der Waals surface area contributed by atoms with Gasteiger partial charge in [-0.1, -0.05) is 66.7 Å². The molecule has 1 aromatic heterocycles. The van der Waals surface area contributed by atoms with Crippen molar-refractivity contribution < 1.29 is 19.2 Å². The van der Waals surface area contributed by atoms with E-state index in [0.29, 0.717) is 64.5 Å². The normalized spacial score (nSPS) is 17.1. The molecule has 260 valence electrons. The van der Waals surface area contributed by atoms with Gasteiger partial charge < -0.3 is 24.7 Å². The third kappa shape index (κ3) is 7.63. The number of benzene rings is 3. The number of carbonyl (C=O) groups is 2. The van der Waals surface area contributed by atoms with E-state index in [4.69, 9.17) is 9.72 Å². The van der Waals surface area contributed by atoms with Gasteiger partial charge in [-0.3, -0.25) is 19.4 Å². The highest BCUT2D eigenvalue weighted by molar-refractivity contribution is 6.15. The first-order valence-corrected chi connectivity index (χ1v) is 17.5. The molecule has 11 nitrogen and oxygen atoms in total. The van der Waals surface area contributed by atoms with E-state index in [0.717, 1.165) is 46.3 Å². The molecule has 4 aromatic rings. The Balaban J connectivity index is 1.30. The first-order valence-electron chi connectivity index (χ1n) is 17.5. The number of rotatable bonds is 11. The molecule has 0 N–H and O–H groups in total. The number of fused-ring (bicyclic) bond motifs is 1. The van der Waals surface area contributed by atoms with Crippen LogP contribution in [0.25, 0.3) is 22.2 Å². The number of anilines is 1. The molecule has 2 fully saturated rings. The number of esters is 1. The summed E-state index contributed by atoms with van der Waals surface area (Å²) in [5.74, 6) is -0.599. The molecular weight excluding hydrogens is 632 g/mol. The summed E-state index contributed by atoms with van der Waals surface area (Å²) in [4.78, 5) is 52.0. The number of amides is 1. The van der Waals surface area contributed by atoms with Gasteiger partial charge >= 0.3 is 11.8 Å². The van der Waals surface area contributed by atoms with Gasteiger partial charge in [0.15, 0.2) is 0 Å². The van der Waals surface area contributed by atoms with Crippen LogP contribution >= 0.6 is 0 Å². The number of carbonyl (C=O) groups excluding carboxylic acids is 2. The lowest BCUT2D eigenvalue weighted by Crippen LogP contribution is -2.47. The largest absolute Gasteiger partial charge is 0.466 e. The Kier molecular flexibility index (Phi) is 11.0. The van der Waals surface area contributed by atoms with Crippen molar-refractivity contribution in [3.05, 3.63) is 118 Å². The van der Waals surface area contributed by atoms with E-state index >= 15 is 0 Å². The van der Waals surface area contributed by atoms with Crippen molar-refractivity contribution in [3.8, 4) is 11.3 Å². The van der Waals surface area contributed by atoms with Crippen molar-refractivity contribution in [2.45, 2.75) is 33.2 Å². The number of hydrogen-bond donors (Lipinski definition) is 0. The lowest BCUT2D eigenvalue weighted by atomic mass is 9.94. The van der Waals surface area contributed by atoms with E-state index in [9.17, 15) is 19.7 Å². The van der Waals surface area contributed by atoms with Gasteiger partial charge in [0.25, 0.3) is 5.91 Å². The highest BCUT2D eigenvalue weighted by Gasteiger charge is 2.33. The average molecular weight is 677 g/mol. The maximum Gasteiger partial charge on any atom is 0.334 e. The van der Waals surface area contributed by atoms with Gasteiger partial charge in [0.2, 0.25) is 0 Å². The fourth-order valence-corrected chi connectivity index (χ4v) is 7.01. The summed E-state index contributed by atoms with van der Waals surface area (Å²) in [6.07, 6.45) is 3.08. The Hall–Kier alpha value is -5.29. The quantitative estimate of drug-likeness (QED) is 0.107. The summed E-state index contributed by atoms with van der Waals surface area (Å²) in [6, 6.07) is 27.4. The van der Waals surface area contributed by atoms with E-state index in [1.54, 1.807) is 18.0 Å². The molecule has 0 aliphatic carbocycles. The fraction of sp³-hybridized carbons (Fsp3) is 0.359. The molecule has 3 heterocycles. The molecule has 1 amide bonds. The Labute approximate surface area is 292 Å². The molecule has 11 heteroatoms. The summed E-state index contributed by atoms with van der Waals surface area (Å²) >= 11 is 0. The minimum absolute atomic E-state index is 0.0313. The SMILES string of the molecule is CCOC(=O)C1CCCN(C=C(N2CCN(Cc3c(-c4ccccc4)nc4ccccc4c3C(=O)N(CC)c3ccccc3)CC2)[N+](=O)[O-])C1. The summed E-state index contributed by atoms with van der Waals surface area (Å²) in [7, 11) is 0. The molecule has 2 aliphatic heterocycles. The molecule has 3 aromatic carbocycles. The number of para-hydroxylation sites is 2. The number of hydrogen-bond acceptors (Lipinski definition) is 9. The van der Waals surface area contributed by atoms with E-state index in [1.165, 1.54) is 0 Å². The van der Waals surface area contributed by atoms with Crippen LogP contribution in [0.1, 0.15) is 42.6 Å². The Morgan fingerprint density at radius 1 is 0.940 bits per heavy atom. The molecule has 50 heavy (non-hydrogen) atoms. The van der Waals surface area contributed by atoms with Gasteiger partial charge in [0.05, 0.1) is 48.6 Å². The smallest absolute Gasteiger partial charge is 0.334 e. The molecule has 1 unspecified atom stereocenters. The maximum absolute atomic E-state index is 14.7. The van der Waals surface area contributed by atoms with Gasteiger partial charge in [0, 0.05) is 61.5 Å². The monoisotopic (exact) mass is 676 g/mol. The van der Waals surface area contributed by atoms with Gasteiger partial charge in [-0.2, -0.15) is 0 Å². The van der Waals surface area contributed by atoms with Crippen LogP contribution in [0.2, 0.25) is 0 Å². The molecule has 0 bridgehead atoms. The van der Waals surface area contributed by atoms with Crippen LogP contribution in [0.15, 0.2) is 97.0 Å². The average Bonchev–Trinajstić information content (AvgIpc) is 3.15. The van der Waals surface area contributed by atoms with Crippen LogP contribution in [0, 0.1) is 16.0 Å². The van der Waals surface area contributed by atoms with Crippen molar-refractivity contribution in [2.24, 2.45) is 5.92 Å². The van der Waals surface area contributed by atoms with Crippen molar-refractivity contribution in [1.82, 2.24) is 19.7 Å². The third-order valence-corrected chi connectivity index (χ3v) is 9.52. The Morgan fingerprint density at radius 2 is 1.62 bits per heavy atom. The minimum Gasteiger partial charge on any atom is -0.466 e. The zero-order valence-corrected chi connectivity index (χ0v) is 28.7. The zero-order valence-electron chi connectivity index (χ0n) is 28.7. The molecule has 0 saturated carbocycles. The van der Waals surface area contributed by atoms with Gasteiger partial charge in [-0.05, 0) is 49.8 Å². The van der Waals surface area contributed by atoms with E-state index in [1.807, 2.05) is 102 Å². The van der Waals surface area contributed by atoms with Crippen LogP contribution in [-0.4, -0.2) is 88.9 Å². The summed E-state index contributed by atoms with van der Waals surface area (Å²) in [5, 5.41) is 13.1. The van der Waals surface area contributed by atoms with Crippen molar-refractivity contribution in [1.29, 1.82) is 0 Å². The van der Waals surface area contributed by atoms with Crippen LogP contribution in [0.3, 0.4) is 0 Å². The summed E-state index contributed by atoms with van der Waals surface area (Å²) < 4.78 is 5.22. The molecule has 6 rings (SSSR count). The van der Waals surface area contributed by atoms with Gasteiger partial charge in [-0.25, -0.2) is 4.98 Å². The number of piperazine rings is 1. The second-order valence-corrected chi connectivity index (χ2v) is 12.7. The zero-order chi connectivity index (χ0) is 35.0. The van der Waals surface area contributed by atoms with E-state index in [-0.39, 0.29) is 28.5 Å². The van der Waals surface area contributed by atoms with Crippen LogP contribution < -0.4 is 4.90 Å². The fourth-order valence-electron chi connectivity index (χ4n) is 7.01. The Morgan fingerprint density at radius 3 is 2.30 bits per heavy atom. The number of nitrogens with zero attached hydrogens (tertiary/aromatic N) is 6. The first kappa shape index (κ1) is 34.6. The van der Waals surface area contributed by atoms with Gasteiger partial charge in [0.1, 0.15) is 0 Å². The van der Waals surface area contributed by atoms with E-state index < -0.39 is 0 Å². The number of aromatic nitrogens is 1. The number of likely N-dealkylation sites (tertiary alicyclic amines) is 1. The second kappa shape index (κ2) is 15.9. The number of piperidine rings is 1. The van der Waals surface area contributed by atoms with Crippen molar-refractivity contribution >= 4 is 28.5 Å². The molecule has 2 aliphatic rings. The Bertz CT molecular complexity index is 1840. The number of ether oxygens (including phenoxy) is 1.